The summed E-state index contributed by atoms with van der Waals surface area (Å²) in [5.74, 6) is 0. The summed E-state index contributed by atoms with van der Waals surface area (Å²) in [6.07, 6.45) is 0. The highest BCUT2D eigenvalue weighted by Gasteiger charge is 2.01. The molecule has 0 unspecified atom stereocenters. The summed E-state index contributed by atoms with van der Waals surface area (Å²) < 4.78 is 1.00. The minimum absolute atomic E-state index is 0.657. The monoisotopic (exact) mass is 261 g/mol. The summed E-state index contributed by atoms with van der Waals surface area (Å²) in [6, 6.07) is 1.27. The highest BCUT2D eigenvalue weighted by molar-refractivity contribution is 9.10. The molecule has 1 heterocycles. The van der Waals surface area contributed by atoms with E-state index < -0.39 is 6.03 Å². The van der Waals surface area contributed by atoms with Crippen LogP contribution >= 0.6 is 27.3 Å². The third-order valence-corrected chi connectivity index (χ3v) is 3.06. The number of nitrogens with one attached hydrogen (secondary N) is 1. The molecule has 4 nitrogen and oxygen atoms in total. The number of hydrazone groups is 1. The van der Waals surface area contributed by atoms with Gasteiger partial charge in [-0.25, -0.2) is 10.2 Å². The Kier molecular flexibility index (Phi) is 3.44. The predicted molar refractivity (Wildman–Crippen MR) is 56.9 cm³/mol. The van der Waals surface area contributed by atoms with E-state index >= 15 is 0 Å². The van der Waals surface area contributed by atoms with Crippen LogP contribution in [0.25, 0.3) is 0 Å². The molecule has 0 aromatic carbocycles. The number of carbonyl (C=O) groups excluding carboxylic acids is 1. The second-order valence-corrected chi connectivity index (χ2v) is 4.13. The van der Waals surface area contributed by atoms with Crippen molar-refractivity contribution in [3.8, 4) is 0 Å². The number of nitrogens with zero attached hydrogens (tertiary/aromatic N) is 1. The molecule has 3 N–H and O–H groups in total. The summed E-state index contributed by atoms with van der Waals surface area (Å²) in [4.78, 5) is 11.3. The van der Waals surface area contributed by atoms with Crippen molar-refractivity contribution in [2.24, 2.45) is 10.8 Å². The Bertz CT molecular complexity index is 347. The van der Waals surface area contributed by atoms with Crippen molar-refractivity contribution in [3.05, 3.63) is 20.8 Å². The number of thiophene rings is 1. The third kappa shape index (κ3) is 3.16. The molecule has 1 rings (SSSR count). The van der Waals surface area contributed by atoms with Crippen LogP contribution in [0.3, 0.4) is 0 Å². The van der Waals surface area contributed by atoms with Gasteiger partial charge in [0.05, 0.1) is 10.6 Å². The lowest BCUT2D eigenvalue weighted by Gasteiger charge is -1.95. The van der Waals surface area contributed by atoms with Crippen molar-refractivity contribution in [1.29, 1.82) is 0 Å². The average Bonchev–Trinajstić information content (AvgIpc) is 2.47. The summed E-state index contributed by atoms with van der Waals surface area (Å²) in [7, 11) is 0. The fourth-order valence-corrected chi connectivity index (χ4v) is 2.08. The molecular weight excluding hydrogens is 254 g/mol. The van der Waals surface area contributed by atoms with E-state index in [1.807, 2.05) is 11.4 Å². The van der Waals surface area contributed by atoms with Gasteiger partial charge in [-0.05, 0) is 28.9 Å². The molecule has 0 fully saturated rings. The number of hydrogen-bond acceptors (Lipinski definition) is 3. The van der Waals surface area contributed by atoms with Gasteiger partial charge in [-0.3, -0.25) is 0 Å². The maximum Gasteiger partial charge on any atom is 0.332 e. The van der Waals surface area contributed by atoms with Crippen LogP contribution in [-0.4, -0.2) is 11.7 Å². The lowest BCUT2D eigenvalue weighted by molar-refractivity contribution is 0.249. The van der Waals surface area contributed by atoms with Gasteiger partial charge in [0, 0.05) is 9.85 Å². The SMILES string of the molecule is CC(=NNC(N)=O)c1cc(Br)cs1. The lowest BCUT2D eigenvalue weighted by Crippen LogP contribution is -2.25. The van der Waals surface area contributed by atoms with E-state index in [0.29, 0.717) is 0 Å². The van der Waals surface area contributed by atoms with Crippen molar-refractivity contribution >= 4 is 39.0 Å². The first-order valence-electron chi connectivity index (χ1n) is 3.43. The molecule has 13 heavy (non-hydrogen) atoms. The minimum atomic E-state index is -0.657. The summed E-state index contributed by atoms with van der Waals surface area (Å²) in [5, 5.41) is 5.73. The summed E-state index contributed by atoms with van der Waals surface area (Å²) in [6.45, 7) is 1.80. The first-order valence-corrected chi connectivity index (χ1v) is 5.11. The highest BCUT2D eigenvalue weighted by Crippen LogP contribution is 2.20. The molecule has 0 aliphatic carbocycles. The van der Waals surface area contributed by atoms with Crippen molar-refractivity contribution in [2.75, 3.05) is 0 Å². The normalized spacial score (nSPS) is 11.4. The molecule has 0 saturated carbocycles. The zero-order valence-electron chi connectivity index (χ0n) is 6.87. The molecule has 1 aromatic rings. The Labute approximate surface area is 88.0 Å². The zero-order valence-corrected chi connectivity index (χ0v) is 9.28. The Morgan fingerprint density at radius 2 is 2.46 bits per heavy atom. The van der Waals surface area contributed by atoms with E-state index in [1.54, 1.807) is 6.92 Å². The van der Waals surface area contributed by atoms with E-state index in [-0.39, 0.29) is 0 Å². The quantitative estimate of drug-likeness (QED) is 0.620. The predicted octanol–water partition coefficient (Wildman–Crippen LogP) is 1.90. The van der Waals surface area contributed by atoms with E-state index in [0.717, 1.165) is 15.1 Å². The number of rotatable bonds is 2. The topological polar surface area (TPSA) is 67.5 Å². The van der Waals surface area contributed by atoms with Crippen LogP contribution in [0.1, 0.15) is 11.8 Å². The van der Waals surface area contributed by atoms with Gasteiger partial charge in [0.1, 0.15) is 0 Å². The number of primary amides is 1. The molecule has 0 spiro atoms. The van der Waals surface area contributed by atoms with Crippen LogP contribution in [0.4, 0.5) is 4.79 Å². The van der Waals surface area contributed by atoms with Crippen LogP contribution in [0.5, 0.6) is 0 Å². The van der Waals surface area contributed by atoms with Crippen LogP contribution in [-0.2, 0) is 0 Å². The maximum atomic E-state index is 10.3. The smallest absolute Gasteiger partial charge is 0.332 e. The molecular formula is C7H8BrN3OS. The average molecular weight is 262 g/mol. The minimum Gasteiger partial charge on any atom is -0.350 e. The molecule has 1 aromatic heterocycles. The number of amides is 2. The number of carbonyl (C=O) groups is 1. The standard InChI is InChI=1S/C7H8BrN3OS/c1-4(10-11-7(9)12)6-2-5(8)3-13-6/h2-3H,1H3,(H3,9,11,12). The molecule has 0 bridgehead atoms. The van der Waals surface area contributed by atoms with Gasteiger partial charge < -0.3 is 5.73 Å². The Morgan fingerprint density at radius 1 is 1.77 bits per heavy atom. The molecule has 0 radical (unpaired) electrons. The molecule has 0 aliphatic rings. The van der Waals surface area contributed by atoms with E-state index in [9.17, 15) is 4.79 Å². The first-order chi connectivity index (χ1) is 6.09. The van der Waals surface area contributed by atoms with E-state index in [1.165, 1.54) is 11.3 Å². The summed E-state index contributed by atoms with van der Waals surface area (Å²) >= 11 is 4.86. The molecule has 0 atom stereocenters. The van der Waals surface area contributed by atoms with Gasteiger partial charge in [0.25, 0.3) is 0 Å². The van der Waals surface area contributed by atoms with Crippen molar-refractivity contribution < 1.29 is 4.79 Å². The van der Waals surface area contributed by atoms with Crippen LogP contribution < -0.4 is 11.2 Å². The van der Waals surface area contributed by atoms with Crippen LogP contribution in [0, 0.1) is 0 Å². The van der Waals surface area contributed by atoms with Gasteiger partial charge in [-0.1, -0.05) is 0 Å². The van der Waals surface area contributed by atoms with Gasteiger partial charge in [0.2, 0.25) is 0 Å². The van der Waals surface area contributed by atoms with Gasteiger partial charge >= 0.3 is 6.03 Å². The molecule has 0 saturated heterocycles. The second-order valence-electron chi connectivity index (χ2n) is 2.30. The number of hydrogen-bond donors (Lipinski definition) is 2. The number of halogens is 1. The number of urea groups is 1. The molecule has 70 valence electrons. The fourth-order valence-electron chi connectivity index (χ4n) is 0.697. The molecule has 0 aliphatic heterocycles. The lowest BCUT2D eigenvalue weighted by atomic mass is 10.3. The van der Waals surface area contributed by atoms with E-state index in [4.69, 9.17) is 5.73 Å². The Hall–Kier alpha value is -0.880. The van der Waals surface area contributed by atoms with Gasteiger partial charge in [-0.2, -0.15) is 5.10 Å². The first kappa shape index (κ1) is 10.2. The van der Waals surface area contributed by atoms with Crippen LogP contribution in [0.15, 0.2) is 21.0 Å². The highest BCUT2D eigenvalue weighted by atomic mass is 79.9. The molecule has 6 heteroatoms. The second kappa shape index (κ2) is 4.38. The van der Waals surface area contributed by atoms with Crippen LogP contribution in [0.2, 0.25) is 0 Å². The summed E-state index contributed by atoms with van der Waals surface area (Å²) in [5.41, 5.74) is 7.76. The fraction of sp³-hybridized carbons (Fsp3) is 0.143. The zero-order chi connectivity index (χ0) is 9.84. The largest absolute Gasteiger partial charge is 0.350 e. The molecule has 2 amide bonds. The third-order valence-electron chi connectivity index (χ3n) is 1.26. The van der Waals surface area contributed by atoms with Crippen molar-refractivity contribution in [1.82, 2.24) is 5.43 Å². The number of nitrogens with two attached hydrogens (primary N) is 1. The van der Waals surface area contributed by atoms with Gasteiger partial charge in [-0.15, -0.1) is 11.3 Å². The van der Waals surface area contributed by atoms with E-state index in [2.05, 4.69) is 26.5 Å². The maximum absolute atomic E-state index is 10.3. The van der Waals surface area contributed by atoms with Gasteiger partial charge in [0.15, 0.2) is 0 Å². The Morgan fingerprint density at radius 3 is 2.92 bits per heavy atom. The Balaban J connectivity index is 2.72. The van der Waals surface area contributed by atoms with Crippen molar-refractivity contribution in [2.45, 2.75) is 6.92 Å². The van der Waals surface area contributed by atoms with Crippen molar-refractivity contribution in [3.63, 3.8) is 0 Å².